The van der Waals surface area contributed by atoms with Crippen LogP contribution in [-0.4, -0.2) is 14.8 Å². The molecule has 0 aliphatic carbocycles. The molecule has 2 aromatic rings. The van der Waals surface area contributed by atoms with Crippen LogP contribution >= 0.6 is 11.6 Å². The van der Waals surface area contributed by atoms with Crippen LogP contribution in [0.3, 0.4) is 0 Å². The molecule has 0 atom stereocenters. The molecule has 0 saturated heterocycles. The maximum atomic E-state index is 6.04. The van der Waals surface area contributed by atoms with Crippen LogP contribution in [0.1, 0.15) is 43.6 Å². The second-order valence-corrected chi connectivity index (χ2v) is 5.06. The van der Waals surface area contributed by atoms with E-state index in [1.165, 1.54) is 11.1 Å². The zero-order valence-electron chi connectivity index (χ0n) is 11.0. The van der Waals surface area contributed by atoms with E-state index in [1.807, 2.05) is 4.57 Å². The first-order valence-corrected chi connectivity index (χ1v) is 6.66. The van der Waals surface area contributed by atoms with Gasteiger partial charge in [0.05, 0.1) is 6.54 Å². The van der Waals surface area contributed by atoms with Gasteiger partial charge in [-0.2, -0.15) is 0 Å². The number of halogens is 1. The number of aryl methyl sites for hydroxylation is 1. The molecule has 1 aromatic carbocycles. The number of nitrogens with zero attached hydrogens (tertiary/aromatic N) is 3. The van der Waals surface area contributed by atoms with Gasteiger partial charge in [-0.3, -0.25) is 4.57 Å². The lowest BCUT2D eigenvalue weighted by atomic mass is 10.0. The monoisotopic (exact) mass is 263 g/mol. The van der Waals surface area contributed by atoms with E-state index in [2.05, 4.69) is 55.2 Å². The van der Waals surface area contributed by atoms with Crippen molar-refractivity contribution in [1.82, 2.24) is 14.8 Å². The summed E-state index contributed by atoms with van der Waals surface area (Å²) < 4.78 is 1.95. The Morgan fingerprint density at radius 2 is 1.83 bits per heavy atom. The van der Waals surface area contributed by atoms with Crippen LogP contribution in [0.25, 0.3) is 0 Å². The molecule has 1 heterocycles. The van der Waals surface area contributed by atoms with Crippen LogP contribution in [0.15, 0.2) is 24.3 Å². The predicted molar refractivity (Wildman–Crippen MR) is 74.0 cm³/mol. The molecule has 0 spiro atoms. The standard InChI is InChI=1S/C14H18ClN3/c1-4-13-16-17-14(15)18(13)9-11-5-7-12(8-6-11)10(2)3/h5-8,10H,4,9H2,1-3H3. The molecule has 0 bridgehead atoms. The van der Waals surface area contributed by atoms with Crippen LogP contribution in [-0.2, 0) is 13.0 Å². The molecule has 18 heavy (non-hydrogen) atoms. The summed E-state index contributed by atoms with van der Waals surface area (Å²) in [5.41, 5.74) is 2.57. The molecule has 0 unspecified atom stereocenters. The highest BCUT2D eigenvalue weighted by Crippen LogP contribution is 2.17. The zero-order valence-corrected chi connectivity index (χ0v) is 11.8. The molecule has 1 aromatic heterocycles. The van der Waals surface area contributed by atoms with Crippen molar-refractivity contribution >= 4 is 11.6 Å². The normalized spacial score (nSPS) is 11.2. The molecular weight excluding hydrogens is 246 g/mol. The Bertz CT molecular complexity index is 514. The fraction of sp³-hybridized carbons (Fsp3) is 0.429. The average Bonchev–Trinajstić information content (AvgIpc) is 2.71. The minimum atomic E-state index is 0.458. The molecule has 4 heteroatoms. The van der Waals surface area contributed by atoms with Crippen molar-refractivity contribution in [2.45, 2.75) is 39.7 Å². The fourth-order valence-corrected chi connectivity index (χ4v) is 2.12. The highest BCUT2D eigenvalue weighted by Gasteiger charge is 2.09. The van der Waals surface area contributed by atoms with Crippen molar-refractivity contribution in [3.63, 3.8) is 0 Å². The lowest BCUT2D eigenvalue weighted by Gasteiger charge is -2.09. The molecule has 3 nitrogen and oxygen atoms in total. The van der Waals surface area contributed by atoms with Crippen LogP contribution in [0.5, 0.6) is 0 Å². The topological polar surface area (TPSA) is 30.7 Å². The minimum absolute atomic E-state index is 0.458. The van der Waals surface area contributed by atoms with Crippen LogP contribution < -0.4 is 0 Å². The van der Waals surface area contributed by atoms with Crippen LogP contribution in [0, 0.1) is 0 Å². The molecule has 96 valence electrons. The van der Waals surface area contributed by atoms with E-state index in [1.54, 1.807) is 0 Å². The number of hydrogen-bond donors (Lipinski definition) is 0. The van der Waals surface area contributed by atoms with Crippen molar-refractivity contribution in [2.75, 3.05) is 0 Å². The summed E-state index contributed by atoms with van der Waals surface area (Å²) >= 11 is 6.04. The zero-order chi connectivity index (χ0) is 13.1. The highest BCUT2D eigenvalue weighted by molar-refractivity contribution is 6.28. The van der Waals surface area contributed by atoms with Gasteiger partial charge in [0.1, 0.15) is 5.82 Å². The molecule has 0 aliphatic rings. The summed E-state index contributed by atoms with van der Waals surface area (Å²) in [4.78, 5) is 0. The first-order valence-electron chi connectivity index (χ1n) is 6.28. The van der Waals surface area contributed by atoms with E-state index in [0.29, 0.717) is 11.2 Å². The Balaban J connectivity index is 2.20. The largest absolute Gasteiger partial charge is 0.297 e. The van der Waals surface area contributed by atoms with Gasteiger partial charge in [0.2, 0.25) is 5.28 Å². The third-order valence-electron chi connectivity index (χ3n) is 3.09. The van der Waals surface area contributed by atoms with Crippen molar-refractivity contribution in [2.24, 2.45) is 0 Å². The molecule has 2 rings (SSSR count). The third kappa shape index (κ3) is 2.72. The molecule has 0 saturated carbocycles. The smallest absolute Gasteiger partial charge is 0.225 e. The van der Waals surface area contributed by atoms with Gasteiger partial charge in [-0.15, -0.1) is 10.2 Å². The summed E-state index contributed by atoms with van der Waals surface area (Å²) in [7, 11) is 0. The second kappa shape index (κ2) is 5.53. The SMILES string of the molecule is CCc1nnc(Cl)n1Cc1ccc(C(C)C)cc1. The average molecular weight is 264 g/mol. The Kier molecular flexibility index (Phi) is 4.02. The minimum Gasteiger partial charge on any atom is -0.297 e. The Morgan fingerprint density at radius 1 is 1.17 bits per heavy atom. The van der Waals surface area contributed by atoms with Crippen LogP contribution in [0.2, 0.25) is 5.28 Å². The van der Waals surface area contributed by atoms with Crippen molar-refractivity contribution in [3.05, 3.63) is 46.5 Å². The Hall–Kier alpha value is -1.35. The number of benzene rings is 1. The fourth-order valence-electron chi connectivity index (χ4n) is 1.92. The lowest BCUT2D eigenvalue weighted by Crippen LogP contribution is -2.04. The van der Waals surface area contributed by atoms with E-state index in [4.69, 9.17) is 11.6 Å². The van der Waals surface area contributed by atoms with E-state index in [9.17, 15) is 0 Å². The van der Waals surface area contributed by atoms with E-state index in [0.717, 1.165) is 18.8 Å². The Labute approximate surface area is 113 Å². The molecule has 0 radical (unpaired) electrons. The van der Waals surface area contributed by atoms with Gasteiger partial charge >= 0.3 is 0 Å². The highest BCUT2D eigenvalue weighted by atomic mass is 35.5. The van der Waals surface area contributed by atoms with E-state index >= 15 is 0 Å². The van der Waals surface area contributed by atoms with Gasteiger partial charge in [0.15, 0.2) is 0 Å². The second-order valence-electron chi connectivity index (χ2n) is 4.72. The number of hydrogen-bond acceptors (Lipinski definition) is 2. The number of rotatable bonds is 4. The van der Waals surface area contributed by atoms with E-state index in [-0.39, 0.29) is 0 Å². The molecule has 0 amide bonds. The maximum Gasteiger partial charge on any atom is 0.225 e. The van der Waals surface area contributed by atoms with Crippen molar-refractivity contribution in [1.29, 1.82) is 0 Å². The molecular formula is C14H18ClN3. The summed E-state index contributed by atoms with van der Waals surface area (Å²) in [6, 6.07) is 8.63. The Morgan fingerprint density at radius 3 is 2.39 bits per heavy atom. The van der Waals surface area contributed by atoms with Gasteiger partial charge in [0.25, 0.3) is 0 Å². The molecule has 0 fully saturated rings. The first-order chi connectivity index (χ1) is 8.61. The van der Waals surface area contributed by atoms with Crippen molar-refractivity contribution in [3.8, 4) is 0 Å². The summed E-state index contributed by atoms with van der Waals surface area (Å²) in [6.07, 6.45) is 0.837. The van der Waals surface area contributed by atoms with Gasteiger partial charge < -0.3 is 0 Å². The third-order valence-corrected chi connectivity index (χ3v) is 3.37. The lowest BCUT2D eigenvalue weighted by molar-refractivity contribution is 0.732. The molecule has 0 N–H and O–H groups in total. The maximum absolute atomic E-state index is 6.04. The van der Waals surface area contributed by atoms with Gasteiger partial charge in [-0.05, 0) is 28.6 Å². The number of aromatic nitrogens is 3. The predicted octanol–water partition coefficient (Wildman–Crippen LogP) is 3.67. The van der Waals surface area contributed by atoms with Crippen molar-refractivity contribution < 1.29 is 0 Å². The summed E-state index contributed by atoms with van der Waals surface area (Å²) in [5.74, 6) is 1.48. The van der Waals surface area contributed by atoms with Crippen LogP contribution in [0.4, 0.5) is 0 Å². The van der Waals surface area contributed by atoms with Gasteiger partial charge in [-0.1, -0.05) is 45.0 Å². The summed E-state index contributed by atoms with van der Waals surface area (Å²) in [5, 5.41) is 8.42. The van der Waals surface area contributed by atoms with E-state index < -0.39 is 0 Å². The molecule has 0 aliphatic heterocycles. The first kappa shape index (κ1) is 13.1. The van der Waals surface area contributed by atoms with Gasteiger partial charge in [-0.25, -0.2) is 0 Å². The summed E-state index contributed by atoms with van der Waals surface area (Å²) in [6.45, 7) is 7.17. The van der Waals surface area contributed by atoms with Gasteiger partial charge in [0, 0.05) is 6.42 Å². The quantitative estimate of drug-likeness (QED) is 0.843.